The van der Waals surface area contributed by atoms with Crippen molar-refractivity contribution >= 4 is 5.91 Å². The quantitative estimate of drug-likeness (QED) is 0.713. The van der Waals surface area contributed by atoms with Crippen LogP contribution in [0, 0.1) is 0 Å². The largest absolute Gasteiger partial charge is 0.359 e. The van der Waals surface area contributed by atoms with Gasteiger partial charge >= 0.3 is 0 Å². The molecule has 1 amide bonds. The smallest absolute Gasteiger partial charge is 0.282 e. The Morgan fingerprint density at radius 2 is 2.11 bits per heavy atom. The fourth-order valence-corrected chi connectivity index (χ4v) is 2.61. The normalized spacial score (nSPS) is 12.4. The van der Waals surface area contributed by atoms with Crippen LogP contribution in [0.2, 0.25) is 0 Å². The van der Waals surface area contributed by atoms with Crippen LogP contribution in [0.3, 0.4) is 0 Å². The molecule has 3 heterocycles. The minimum Gasteiger partial charge on any atom is -0.359 e. The molecular formula is C18H19F2N5O2. The SMILES string of the molecule is CCc1cc(-c2cc([C@@H](C)NC(=O)c3cc(C(F)F)nn3C)on2)ccn1. The van der Waals surface area contributed by atoms with Crippen molar-refractivity contribution in [3.8, 4) is 11.3 Å². The number of halogens is 2. The van der Waals surface area contributed by atoms with Gasteiger partial charge in [0.15, 0.2) is 5.76 Å². The van der Waals surface area contributed by atoms with Crippen LogP contribution < -0.4 is 5.32 Å². The van der Waals surface area contributed by atoms with Crippen LogP contribution >= 0.6 is 0 Å². The average Bonchev–Trinajstić information content (AvgIpc) is 3.29. The number of hydrogen-bond donors (Lipinski definition) is 1. The van der Waals surface area contributed by atoms with Crippen molar-refractivity contribution in [1.82, 2.24) is 25.2 Å². The number of carbonyl (C=O) groups excluding carboxylic acids is 1. The summed E-state index contributed by atoms with van der Waals surface area (Å²) in [6, 6.07) is 6.05. The highest BCUT2D eigenvalue weighted by Gasteiger charge is 2.21. The van der Waals surface area contributed by atoms with E-state index in [0.717, 1.165) is 28.4 Å². The minimum absolute atomic E-state index is 0.0404. The summed E-state index contributed by atoms with van der Waals surface area (Å²) in [5.74, 6) is -0.0796. The summed E-state index contributed by atoms with van der Waals surface area (Å²) < 4.78 is 31.9. The molecule has 0 aliphatic carbocycles. The molecule has 0 radical (unpaired) electrons. The van der Waals surface area contributed by atoms with Gasteiger partial charge in [0.2, 0.25) is 0 Å². The number of amides is 1. The molecule has 9 heteroatoms. The van der Waals surface area contributed by atoms with Crippen LogP contribution in [0.4, 0.5) is 8.78 Å². The monoisotopic (exact) mass is 375 g/mol. The Hall–Kier alpha value is -3.10. The molecule has 0 fully saturated rings. The van der Waals surface area contributed by atoms with E-state index in [1.807, 2.05) is 19.1 Å². The van der Waals surface area contributed by atoms with Crippen molar-refractivity contribution in [3.63, 3.8) is 0 Å². The molecule has 0 unspecified atom stereocenters. The second-order valence-corrected chi connectivity index (χ2v) is 6.08. The van der Waals surface area contributed by atoms with E-state index in [4.69, 9.17) is 4.52 Å². The Morgan fingerprint density at radius 1 is 1.33 bits per heavy atom. The fraction of sp³-hybridized carbons (Fsp3) is 0.333. The number of alkyl halides is 2. The van der Waals surface area contributed by atoms with Crippen LogP contribution in [0.15, 0.2) is 35.0 Å². The molecule has 0 aromatic carbocycles. The number of aromatic nitrogens is 4. The highest BCUT2D eigenvalue weighted by molar-refractivity contribution is 5.92. The van der Waals surface area contributed by atoms with Crippen LogP contribution in [0.25, 0.3) is 11.3 Å². The van der Waals surface area contributed by atoms with E-state index in [9.17, 15) is 13.6 Å². The zero-order chi connectivity index (χ0) is 19.6. The lowest BCUT2D eigenvalue weighted by atomic mass is 10.1. The van der Waals surface area contributed by atoms with Gasteiger partial charge in [-0.25, -0.2) is 8.78 Å². The first-order chi connectivity index (χ1) is 12.9. The molecule has 27 heavy (non-hydrogen) atoms. The third-order valence-corrected chi connectivity index (χ3v) is 4.13. The van der Waals surface area contributed by atoms with E-state index in [-0.39, 0.29) is 5.69 Å². The molecule has 0 aliphatic heterocycles. The number of rotatable bonds is 6. The average molecular weight is 375 g/mol. The summed E-state index contributed by atoms with van der Waals surface area (Å²) in [5, 5.41) is 10.4. The van der Waals surface area contributed by atoms with Crippen molar-refractivity contribution in [2.75, 3.05) is 0 Å². The van der Waals surface area contributed by atoms with E-state index < -0.39 is 24.1 Å². The lowest BCUT2D eigenvalue weighted by molar-refractivity contribution is 0.0924. The van der Waals surface area contributed by atoms with Crippen LogP contribution in [0.1, 0.15) is 54.0 Å². The molecule has 1 atom stereocenters. The summed E-state index contributed by atoms with van der Waals surface area (Å²) in [7, 11) is 1.44. The van der Waals surface area contributed by atoms with E-state index in [2.05, 4.69) is 20.6 Å². The predicted octanol–water partition coefficient (Wildman–Crippen LogP) is 3.46. The molecule has 0 saturated carbocycles. The lowest BCUT2D eigenvalue weighted by Gasteiger charge is -2.10. The zero-order valence-electron chi connectivity index (χ0n) is 15.1. The molecular weight excluding hydrogens is 356 g/mol. The summed E-state index contributed by atoms with van der Waals surface area (Å²) >= 11 is 0. The Balaban J connectivity index is 1.74. The van der Waals surface area contributed by atoms with Crippen molar-refractivity contribution in [1.29, 1.82) is 0 Å². The Kier molecular flexibility index (Phi) is 5.29. The highest BCUT2D eigenvalue weighted by Crippen LogP contribution is 2.23. The zero-order valence-corrected chi connectivity index (χ0v) is 15.1. The first-order valence-corrected chi connectivity index (χ1v) is 8.44. The van der Waals surface area contributed by atoms with Gasteiger partial charge in [-0.05, 0) is 31.5 Å². The van der Waals surface area contributed by atoms with Gasteiger partial charge in [-0.3, -0.25) is 14.5 Å². The maximum absolute atomic E-state index is 12.7. The maximum Gasteiger partial charge on any atom is 0.282 e. The number of pyridine rings is 1. The Labute approximate surface area is 154 Å². The predicted molar refractivity (Wildman–Crippen MR) is 93.2 cm³/mol. The first-order valence-electron chi connectivity index (χ1n) is 8.44. The molecule has 0 bridgehead atoms. The maximum atomic E-state index is 12.7. The summed E-state index contributed by atoms with van der Waals surface area (Å²) in [4.78, 5) is 16.6. The second-order valence-electron chi connectivity index (χ2n) is 6.08. The number of carbonyl (C=O) groups is 1. The van der Waals surface area contributed by atoms with Crippen LogP contribution in [-0.2, 0) is 13.5 Å². The van der Waals surface area contributed by atoms with E-state index >= 15 is 0 Å². The van der Waals surface area contributed by atoms with Gasteiger partial charge in [-0.1, -0.05) is 12.1 Å². The molecule has 3 rings (SSSR count). The second kappa shape index (κ2) is 7.65. The lowest BCUT2D eigenvalue weighted by Crippen LogP contribution is -2.28. The summed E-state index contributed by atoms with van der Waals surface area (Å²) in [6.07, 6.45) is -0.229. The molecule has 7 nitrogen and oxygen atoms in total. The van der Waals surface area contributed by atoms with Crippen LogP contribution in [-0.4, -0.2) is 25.8 Å². The van der Waals surface area contributed by atoms with Crippen molar-refractivity contribution in [2.24, 2.45) is 7.05 Å². The first kappa shape index (κ1) is 18.7. The topological polar surface area (TPSA) is 85.8 Å². The summed E-state index contributed by atoms with van der Waals surface area (Å²) in [5.41, 5.74) is 2.03. The standard InChI is InChI=1S/C18H19F2N5O2/c1-4-12-7-11(5-6-21-12)13-9-16(27-24-13)10(2)22-18(26)15-8-14(17(19)20)23-25(15)3/h5-10,17H,4H2,1-3H3,(H,22,26)/t10-/m1/s1. The summed E-state index contributed by atoms with van der Waals surface area (Å²) in [6.45, 7) is 3.73. The third-order valence-electron chi connectivity index (χ3n) is 4.13. The van der Waals surface area contributed by atoms with Crippen molar-refractivity contribution < 1.29 is 18.1 Å². The molecule has 0 saturated heterocycles. The van der Waals surface area contributed by atoms with Gasteiger partial charge in [0.05, 0.1) is 6.04 Å². The van der Waals surface area contributed by atoms with E-state index in [0.29, 0.717) is 11.5 Å². The molecule has 3 aromatic rings. The van der Waals surface area contributed by atoms with Gasteiger partial charge in [-0.15, -0.1) is 0 Å². The molecule has 0 spiro atoms. The van der Waals surface area contributed by atoms with Crippen molar-refractivity contribution in [3.05, 3.63) is 53.3 Å². The minimum atomic E-state index is -2.74. The number of hydrogen-bond acceptors (Lipinski definition) is 5. The van der Waals surface area contributed by atoms with E-state index in [1.54, 1.807) is 19.2 Å². The third kappa shape index (κ3) is 4.02. The Bertz CT molecular complexity index is 951. The molecule has 3 aromatic heterocycles. The van der Waals surface area contributed by atoms with Gasteiger partial charge < -0.3 is 9.84 Å². The van der Waals surface area contributed by atoms with Crippen LogP contribution in [0.5, 0.6) is 0 Å². The molecule has 142 valence electrons. The Morgan fingerprint density at radius 3 is 2.78 bits per heavy atom. The van der Waals surface area contributed by atoms with Gasteiger partial charge in [0.25, 0.3) is 12.3 Å². The number of nitrogens with zero attached hydrogens (tertiary/aromatic N) is 4. The number of nitrogens with one attached hydrogen (secondary N) is 1. The number of aryl methyl sites for hydroxylation is 2. The highest BCUT2D eigenvalue weighted by atomic mass is 19.3. The molecule has 0 aliphatic rings. The van der Waals surface area contributed by atoms with E-state index in [1.165, 1.54) is 7.05 Å². The van der Waals surface area contributed by atoms with Gasteiger partial charge in [0, 0.05) is 30.6 Å². The van der Waals surface area contributed by atoms with Gasteiger partial charge in [-0.2, -0.15) is 5.10 Å². The fourth-order valence-electron chi connectivity index (χ4n) is 2.61. The molecule has 1 N–H and O–H groups in total. The van der Waals surface area contributed by atoms with Crippen molar-refractivity contribution in [2.45, 2.75) is 32.7 Å². The van der Waals surface area contributed by atoms with Gasteiger partial charge in [0.1, 0.15) is 17.1 Å².